The molecule has 0 radical (unpaired) electrons. The molecule has 0 saturated carbocycles. The fraction of sp³-hybridized carbons (Fsp3) is 0.778. The second-order valence-electron chi connectivity index (χ2n) is 3.50. The smallest absolute Gasteiger partial charge is 0.192 e. The van der Waals surface area contributed by atoms with Gasteiger partial charge in [-0.1, -0.05) is 0 Å². The quantitative estimate of drug-likeness (QED) is 0.675. The Bertz CT molecular complexity index is 208. The molecule has 4 heteroatoms. The third-order valence-corrected chi connectivity index (χ3v) is 1.89. The van der Waals surface area contributed by atoms with Crippen LogP contribution in [0, 0.1) is 0 Å². The molecule has 0 aliphatic heterocycles. The highest BCUT2D eigenvalue weighted by Crippen LogP contribution is 2.13. The predicted octanol–water partition coefficient (Wildman–Crippen LogP) is 0.320. The maximum Gasteiger partial charge on any atom is 0.192 e. The molecular weight excluding hydrogens is 172 g/mol. The highest BCUT2D eigenvalue weighted by Gasteiger charge is 2.32. The zero-order valence-electron chi connectivity index (χ0n) is 8.46. The Morgan fingerprint density at radius 3 is 2.23 bits per heavy atom. The number of aliphatic hydroxyl groups excluding tert-OH is 1. The zero-order chi connectivity index (χ0) is 10.6. The summed E-state index contributed by atoms with van der Waals surface area (Å²) in [5.41, 5.74) is -1.03. The van der Waals surface area contributed by atoms with Crippen molar-refractivity contribution in [2.24, 2.45) is 0 Å². The number of methoxy groups -OCH3 is 1. The third-order valence-electron chi connectivity index (χ3n) is 1.89. The van der Waals surface area contributed by atoms with Crippen molar-refractivity contribution < 1.29 is 19.4 Å². The average molecular weight is 188 g/mol. The molecule has 1 atom stereocenters. The number of Topliss-reactive ketones (excluding diaryl/α,β-unsaturated/α-hetero) is 2. The lowest BCUT2D eigenvalue weighted by molar-refractivity contribution is -0.147. The third kappa shape index (κ3) is 3.65. The maximum absolute atomic E-state index is 11.4. The molecule has 0 aliphatic carbocycles. The molecule has 0 saturated heterocycles. The van der Waals surface area contributed by atoms with Crippen LogP contribution >= 0.6 is 0 Å². The van der Waals surface area contributed by atoms with Gasteiger partial charge in [0.25, 0.3) is 0 Å². The van der Waals surface area contributed by atoms with E-state index in [0.717, 1.165) is 0 Å². The molecule has 0 amide bonds. The first-order valence-corrected chi connectivity index (χ1v) is 4.08. The van der Waals surface area contributed by atoms with Gasteiger partial charge < -0.3 is 9.84 Å². The van der Waals surface area contributed by atoms with E-state index in [1.54, 1.807) is 13.8 Å². The van der Waals surface area contributed by atoms with Crippen LogP contribution < -0.4 is 0 Å². The summed E-state index contributed by atoms with van der Waals surface area (Å²) in [5, 5.41) is 9.30. The first-order valence-electron chi connectivity index (χ1n) is 4.08. The molecule has 1 unspecified atom stereocenters. The molecule has 0 heterocycles. The number of carbonyl (C=O) groups is 2. The van der Waals surface area contributed by atoms with Gasteiger partial charge in [-0.15, -0.1) is 0 Å². The summed E-state index contributed by atoms with van der Waals surface area (Å²) in [6, 6.07) is 0. The Kier molecular flexibility index (Phi) is 4.23. The van der Waals surface area contributed by atoms with Crippen molar-refractivity contribution in [2.75, 3.05) is 7.11 Å². The van der Waals surface area contributed by atoms with Gasteiger partial charge in [-0.05, 0) is 20.8 Å². The number of rotatable bonds is 5. The van der Waals surface area contributed by atoms with Crippen LogP contribution in [0.3, 0.4) is 0 Å². The Hall–Kier alpha value is -0.740. The molecule has 4 nitrogen and oxygen atoms in total. The summed E-state index contributed by atoms with van der Waals surface area (Å²) in [6.07, 6.45) is -1.40. The van der Waals surface area contributed by atoms with Crippen molar-refractivity contribution in [3.05, 3.63) is 0 Å². The summed E-state index contributed by atoms with van der Waals surface area (Å²) in [4.78, 5) is 22.0. The predicted molar refractivity (Wildman–Crippen MR) is 47.4 cm³/mol. The van der Waals surface area contributed by atoms with Gasteiger partial charge in [-0.3, -0.25) is 9.59 Å². The second kappa shape index (κ2) is 4.48. The van der Waals surface area contributed by atoms with E-state index in [1.807, 2.05) is 0 Å². The topological polar surface area (TPSA) is 63.6 Å². The lowest BCUT2D eigenvalue weighted by Gasteiger charge is -2.23. The van der Waals surface area contributed by atoms with Gasteiger partial charge in [-0.2, -0.15) is 0 Å². The van der Waals surface area contributed by atoms with Crippen LogP contribution in [0.25, 0.3) is 0 Å². The molecule has 0 aromatic heterocycles. The van der Waals surface area contributed by atoms with E-state index >= 15 is 0 Å². The normalized spacial score (nSPS) is 13.9. The van der Waals surface area contributed by atoms with Crippen LogP contribution in [0.15, 0.2) is 0 Å². The summed E-state index contributed by atoms with van der Waals surface area (Å²) >= 11 is 0. The van der Waals surface area contributed by atoms with Crippen molar-refractivity contribution in [3.63, 3.8) is 0 Å². The molecule has 0 rings (SSSR count). The lowest BCUT2D eigenvalue weighted by Crippen LogP contribution is -2.42. The standard InChI is InChI=1S/C9H16O4/c1-6(10)5-7(11)8(12)9(2,3)13-4/h7,11H,5H2,1-4H3. The molecule has 0 aliphatic rings. The number of ether oxygens (including phenoxy) is 1. The van der Waals surface area contributed by atoms with E-state index in [2.05, 4.69) is 0 Å². The molecule has 0 spiro atoms. The first-order chi connectivity index (χ1) is 5.81. The molecule has 0 bridgehead atoms. The minimum atomic E-state index is -1.26. The van der Waals surface area contributed by atoms with Gasteiger partial charge in [0, 0.05) is 13.5 Å². The molecule has 0 aromatic rings. The molecule has 13 heavy (non-hydrogen) atoms. The Labute approximate surface area is 77.9 Å². The van der Waals surface area contributed by atoms with E-state index in [-0.39, 0.29) is 12.2 Å². The second-order valence-corrected chi connectivity index (χ2v) is 3.50. The molecular formula is C9H16O4. The monoisotopic (exact) mass is 188 g/mol. The van der Waals surface area contributed by atoms with Gasteiger partial charge in [-0.25, -0.2) is 0 Å². The Morgan fingerprint density at radius 1 is 1.46 bits per heavy atom. The van der Waals surface area contributed by atoms with Crippen LogP contribution in [-0.2, 0) is 14.3 Å². The minimum Gasteiger partial charge on any atom is -0.385 e. The SMILES string of the molecule is COC(C)(C)C(=O)C(O)CC(C)=O. The number of ketones is 2. The summed E-state index contributed by atoms with van der Waals surface area (Å²) in [5.74, 6) is -0.682. The molecule has 76 valence electrons. The first kappa shape index (κ1) is 12.3. The maximum atomic E-state index is 11.4. The van der Waals surface area contributed by atoms with Crippen LogP contribution in [0.4, 0.5) is 0 Å². The van der Waals surface area contributed by atoms with Gasteiger partial charge in [0.15, 0.2) is 5.78 Å². The highest BCUT2D eigenvalue weighted by molar-refractivity contribution is 5.93. The van der Waals surface area contributed by atoms with Crippen molar-refractivity contribution in [1.82, 2.24) is 0 Å². The summed E-state index contributed by atoms with van der Waals surface area (Å²) in [7, 11) is 1.39. The van der Waals surface area contributed by atoms with Crippen molar-refractivity contribution in [3.8, 4) is 0 Å². The van der Waals surface area contributed by atoms with E-state index < -0.39 is 17.5 Å². The van der Waals surface area contributed by atoms with Crippen LogP contribution in [0.1, 0.15) is 27.2 Å². The fourth-order valence-electron chi connectivity index (χ4n) is 0.867. The molecule has 0 fully saturated rings. The minimum absolute atomic E-state index is 0.147. The van der Waals surface area contributed by atoms with Gasteiger partial charge in [0.05, 0.1) is 0 Å². The lowest BCUT2D eigenvalue weighted by atomic mass is 9.96. The van der Waals surface area contributed by atoms with Crippen LogP contribution in [0.2, 0.25) is 0 Å². The van der Waals surface area contributed by atoms with Crippen LogP contribution in [0.5, 0.6) is 0 Å². The van der Waals surface area contributed by atoms with Gasteiger partial charge in [0.2, 0.25) is 0 Å². The Morgan fingerprint density at radius 2 is 1.92 bits per heavy atom. The number of hydrogen-bond donors (Lipinski definition) is 1. The van der Waals surface area contributed by atoms with Crippen LogP contribution in [-0.4, -0.2) is 35.5 Å². The fourth-order valence-corrected chi connectivity index (χ4v) is 0.867. The molecule has 0 aromatic carbocycles. The van der Waals surface area contributed by atoms with Crippen molar-refractivity contribution >= 4 is 11.6 Å². The molecule has 1 N–H and O–H groups in total. The largest absolute Gasteiger partial charge is 0.385 e. The number of hydrogen-bond acceptors (Lipinski definition) is 4. The van der Waals surface area contributed by atoms with E-state index in [4.69, 9.17) is 4.74 Å². The average Bonchev–Trinajstić information content (AvgIpc) is 2.01. The summed E-state index contributed by atoms with van der Waals surface area (Å²) < 4.78 is 4.88. The van der Waals surface area contributed by atoms with E-state index in [0.29, 0.717) is 0 Å². The van der Waals surface area contributed by atoms with E-state index in [1.165, 1.54) is 14.0 Å². The Balaban J connectivity index is 4.34. The number of aliphatic hydroxyl groups is 1. The highest BCUT2D eigenvalue weighted by atomic mass is 16.5. The van der Waals surface area contributed by atoms with Crippen molar-refractivity contribution in [1.29, 1.82) is 0 Å². The summed E-state index contributed by atoms with van der Waals surface area (Å²) in [6.45, 7) is 4.44. The number of carbonyl (C=O) groups excluding carboxylic acids is 2. The van der Waals surface area contributed by atoms with Gasteiger partial charge in [0.1, 0.15) is 17.5 Å². The van der Waals surface area contributed by atoms with E-state index in [9.17, 15) is 14.7 Å². The zero-order valence-corrected chi connectivity index (χ0v) is 8.46. The van der Waals surface area contributed by atoms with Crippen molar-refractivity contribution in [2.45, 2.75) is 38.9 Å². The van der Waals surface area contributed by atoms with Gasteiger partial charge >= 0.3 is 0 Å².